The van der Waals surface area contributed by atoms with Crippen LogP contribution in [0.15, 0.2) is 71.8 Å². The molecule has 0 fully saturated rings. The molecule has 224 valence electrons. The number of rotatable bonds is 11. The van der Waals surface area contributed by atoms with Crippen molar-refractivity contribution in [2.24, 2.45) is 0 Å². The van der Waals surface area contributed by atoms with Crippen molar-refractivity contribution in [3.8, 4) is 0 Å². The molecule has 1 unspecified atom stereocenters. The Morgan fingerprint density at radius 1 is 0.952 bits per heavy atom. The van der Waals surface area contributed by atoms with Gasteiger partial charge < -0.3 is 25.6 Å². The SMILES string of the molecule is CSc1cccc(NC(=O)NC(CCCN(C)C)c2ccc(C(=O)Nc3ccccc3NC(=O)OC(C)(C)C)nc2)c1. The van der Waals surface area contributed by atoms with Crippen molar-refractivity contribution in [3.63, 3.8) is 0 Å². The highest BCUT2D eigenvalue weighted by Crippen LogP contribution is 2.24. The summed E-state index contributed by atoms with van der Waals surface area (Å²) in [5, 5.41) is 11.4. The molecule has 42 heavy (non-hydrogen) atoms. The number of pyridine rings is 1. The molecule has 10 nitrogen and oxygen atoms in total. The van der Waals surface area contributed by atoms with Gasteiger partial charge in [0.2, 0.25) is 0 Å². The molecule has 0 bridgehead atoms. The van der Waals surface area contributed by atoms with Gasteiger partial charge in [0.1, 0.15) is 11.3 Å². The molecule has 3 rings (SSSR count). The molecule has 0 aliphatic carbocycles. The highest BCUT2D eigenvalue weighted by molar-refractivity contribution is 7.98. The lowest BCUT2D eigenvalue weighted by molar-refractivity contribution is 0.0635. The van der Waals surface area contributed by atoms with Crippen LogP contribution in [-0.2, 0) is 4.74 Å². The number of thioether (sulfide) groups is 1. The second-order valence-electron chi connectivity index (χ2n) is 10.9. The summed E-state index contributed by atoms with van der Waals surface area (Å²) in [7, 11) is 4.01. The van der Waals surface area contributed by atoms with Crippen molar-refractivity contribution >= 4 is 46.9 Å². The molecular weight excluding hydrogens is 552 g/mol. The number of amides is 4. The van der Waals surface area contributed by atoms with E-state index < -0.39 is 17.6 Å². The largest absolute Gasteiger partial charge is 0.444 e. The number of anilines is 3. The van der Waals surface area contributed by atoms with Crippen LogP contribution in [0, 0.1) is 0 Å². The summed E-state index contributed by atoms with van der Waals surface area (Å²) < 4.78 is 5.32. The van der Waals surface area contributed by atoms with E-state index in [1.165, 1.54) is 0 Å². The van der Waals surface area contributed by atoms with E-state index in [1.807, 2.05) is 44.6 Å². The number of carbonyl (C=O) groups is 3. The molecule has 1 atom stereocenters. The molecule has 0 spiro atoms. The number of hydrogen-bond donors (Lipinski definition) is 4. The van der Waals surface area contributed by atoms with Crippen LogP contribution < -0.4 is 21.3 Å². The maximum atomic E-state index is 13.0. The Hall–Kier alpha value is -4.09. The van der Waals surface area contributed by atoms with Crippen LogP contribution in [0.25, 0.3) is 0 Å². The zero-order chi connectivity index (χ0) is 30.7. The van der Waals surface area contributed by atoms with Crippen molar-refractivity contribution in [2.45, 2.75) is 50.2 Å². The number of nitrogens with zero attached hydrogens (tertiary/aromatic N) is 2. The lowest BCUT2D eigenvalue weighted by atomic mass is 10.0. The molecule has 11 heteroatoms. The first-order chi connectivity index (χ1) is 19.9. The van der Waals surface area contributed by atoms with Crippen molar-refractivity contribution < 1.29 is 19.1 Å². The van der Waals surface area contributed by atoms with Crippen LogP contribution in [0.4, 0.5) is 26.7 Å². The van der Waals surface area contributed by atoms with E-state index in [-0.39, 0.29) is 17.8 Å². The van der Waals surface area contributed by atoms with Crippen molar-refractivity contribution in [1.82, 2.24) is 15.2 Å². The Kier molecular flexibility index (Phi) is 11.8. The molecule has 1 heterocycles. The highest BCUT2D eigenvalue weighted by Gasteiger charge is 2.19. The number of ether oxygens (including phenoxy) is 1. The summed E-state index contributed by atoms with van der Waals surface area (Å²) in [5.41, 5.74) is 1.83. The summed E-state index contributed by atoms with van der Waals surface area (Å²) in [6.07, 6.45) is 4.50. The summed E-state index contributed by atoms with van der Waals surface area (Å²) in [6.45, 7) is 6.18. The first-order valence-corrected chi connectivity index (χ1v) is 14.9. The van der Waals surface area contributed by atoms with Crippen molar-refractivity contribution in [2.75, 3.05) is 42.8 Å². The Morgan fingerprint density at radius 3 is 2.29 bits per heavy atom. The average molecular weight is 593 g/mol. The quantitative estimate of drug-likeness (QED) is 0.185. The minimum Gasteiger partial charge on any atom is -0.444 e. The Bertz CT molecular complexity index is 1360. The summed E-state index contributed by atoms with van der Waals surface area (Å²) in [4.78, 5) is 45.7. The molecule has 4 N–H and O–H groups in total. The van der Waals surface area contributed by atoms with Gasteiger partial charge in [-0.15, -0.1) is 11.8 Å². The summed E-state index contributed by atoms with van der Waals surface area (Å²) in [5.74, 6) is -0.441. The molecule has 2 aromatic carbocycles. The van der Waals surface area contributed by atoms with Gasteiger partial charge in [-0.1, -0.05) is 24.3 Å². The van der Waals surface area contributed by atoms with E-state index in [4.69, 9.17) is 4.74 Å². The number of hydrogen-bond acceptors (Lipinski definition) is 7. The predicted molar refractivity (Wildman–Crippen MR) is 169 cm³/mol. The van der Waals surface area contributed by atoms with Gasteiger partial charge >= 0.3 is 12.1 Å². The predicted octanol–water partition coefficient (Wildman–Crippen LogP) is 6.61. The van der Waals surface area contributed by atoms with Gasteiger partial charge in [-0.05, 0) is 102 Å². The van der Waals surface area contributed by atoms with Gasteiger partial charge in [-0.3, -0.25) is 15.1 Å². The zero-order valence-electron chi connectivity index (χ0n) is 25.0. The van der Waals surface area contributed by atoms with Crippen LogP contribution in [0.3, 0.4) is 0 Å². The van der Waals surface area contributed by atoms with Crippen LogP contribution >= 0.6 is 11.8 Å². The Balaban J connectivity index is 1.70. The topological polar surface area (TPSA) is 125 Å². The zero-order valence-corrected chi connectivity index (χ0v) is 25.8. The fraction of sp³-hybridized carbons (Fsp3) is 0.355. The number of nitrogens with one attached hydrogen (secondary N) is 4. The minimum atomic E-state index is -0.660. The van der Waals surface area contributed by atoms with Gasteiger partial charge in [0, 0.05) is 16.8 Å². The second-order valence-corrected chi connectivity index (χ2v) is 11.8. The fourth-order valence-corrected chi connectivity index (χ4v) is 4.47. The lowest BCUT2D eigenvalue weighted by Crippen LogP contribution is -2.33. The number of aromatic nitrogens is 1. The van der Waals surface area contributed by atoms with Crippen LogP contribution in [0.2, 0.25) is 0 Å². The minimum absolute atomic E-state index is 0.191. The lowest BCUT2D eigenvalue weighted by Gasteiger charge is -2.21. The molecule has 1 aromatic heterocycles. The van der Waals surface area contributed by atoms with E-state index >= 15 is 0 Å². The van der Waals surface area contributed by atoms with E-state index in [0.717, 1.165) is 23.4 Å². The molecule has 0 aliphatic heterocycles. The highest BCUT2D eigenvalue weighted by atomic mass is 32.2. The molecular formula is C31H40N6O4S. The molecule has 0 radical (unpaired) electrons. The second kappa shape index (κ2) is 15.2. The third-order valence-corrected chi connectivity index (χ3v) is 6.69. The molecule has 0 saturated carbocycles. The van der Waals surface area contributed by atoms with Crippen LogP contribution in [0.1, 0.15) is 55.7 Å². The van der Waals surface area contributed by atoms with Crippen molar-refractivity contribution in [1.29, 1.82) is 0 Å². The number of carbonyl (C=O) groups excluding carboxylic acids is 3. The normalized spacial score (nSPS) is 11.9. The number of para-hydroxylation sites is 2. The van der Waals surface area contributed by atoms with E-state index in [0.29, 0.717) is 23.5 Å². The van der Waals surface area contributed by atoms with Gasteiger partial charge in [0.05, 0.1) is 17.4 Å². The molecule has 4 amide bonds. The van der Waals surface area contributed by atoms with Crippen LogP contribution in [0.5, 0.6) is 0 Å². The molecule has 0 aliphatic rings. The average Bonchev–Trinajstić information content (AvgIpc) is 2.92. The number of benzene rings is 2. The monoisotopic (exact) mass is 592 g/mol. The van der Waals surface area contributed by atoms with E-state index in [9.17, 15) is 14.4 Å². The maximum absolute atomic E-state index is 13.0. The summed E-state index contributed by atoms with van der Waals surface area (Å²) in [6, 6.07) is 17.3. The molecule has 3 aromatic rings. The van der Waals surface area contributed by atoms with Crippen LogP contribution in [-0.4, -0.2) is 60.4 Å². The van der Waals surface area contributed by atoms with Gasteiger partial charge in [0.15, 0.2) is 0 Å². The van der Waals surface area contributed by atoms with E-state index in [2.05, 4.69) is 31.2 Å². The Morgan fingerprint density at radius 2 is 1.67 bits per heavy atom. The standard InChI is InChI=1S/C31H40N6O4S/c1-31(2,3)41-30(40)36-26-14-8-7-13-25(26)34-28(38)27-17-16-21(20-32-27)24(15-10-18-37(4)5)35-29(39)33-22-11-9-12-23(19-22)42-6/h7-9,11-14,16-17,19-20,24H,10,15,18H2,1-6H3,(H,34,38)(H,36,40)(H2,33,35,39). The smallest absolute Gasteiger partial charge is 0.412 e. The Labute approximate surface area is 252 Å². The first-order valence-electron chi connectivity index (χ1n) is 13.7. The third kappa shape index (κ3) is 10.7. The third-order valence-electron chi connectivity index (χ3n) is 5.96. The van der Waals surface area contributed by atoms with Crippen molar-refractivity contribution in [3.05, 3.63) is 78.1 Å². The van der Waals surface area contributed by atoms with Gasteiger partial charge in [0.25, 0.3) is 5.91 Å². The first kappa shape index (κ1) is 32.4. The van der Waals surface area contributed by atoms with Gasteiger partial charge in [-0.2, -0.15) is 0 Å². The number of urea groups is 1. The van der Waals surface area contributed by atoms with E-state index in [1.54, 1.807) is 75.1 Å². The maximum Gasteiger partial charge on any atom is 0.412 e. The fourth-order valence-electron chi connectivity index (χ4n) is 4.01. The van der Waals surface area contributed by atoms with Gasteiger partial charge in [-0.25, -0.2) is 9.59 Å². The molecule has 0 saturated heterocycles. The summed E-state index contributed by atoms with van der Waals surface area (Å²) >= 11 is 1.60.